The number of nitrogens with zero attached hydrogens (tertiary/aromatic N) is 2. The van der Waals surface area contributed by atoms with Crippen LogP contribution in [0.5, 0.6) is 0 Å². The number of aryl methyl sites for hydroxylation is 1. The minimum absolute atomic E-state index is 0.211. The first-order chi connectivity index (χ1) is 10.0. The molecule has 0 bridgehead atoms. The Morgan fingerprint density at radius 2 is 1.90 bits per heavy atom. The minimum Gasteiger partial charge on any atom is -0.338 e. The van der Waals surface area contributed by atoms with E-state index in [1.54, 1.807) is 12.1 Å². The second-order valence-electron chi connectivity index (χ2n) is 4.66. The fourth-order valence-electron chi connectivity index (χ4n) is 2.05. The van der Waals surface area contributed by atoms with Crippen molar-refractivity contribution in [3.8, 4) is 11.4 Å². The van der Waals surface area contributed by atoms with E-state index in [9.17, 15) is 9.42 Å². The Bertz CT molecular complexity index is 814. The first kappa shape index (κ1) is 13.7. The maximum absolute atomic E-state index is 10.9. The standard InChI is InChI=1S/C14H13N3O3S/c1-9-2-4-10(5-3-9)14-15-12-7-6-11(8-13(12)16-14)17(18)21(19)20/h2-8,18H,1H3,(H,15,16)(H,19,20). The predicted octanol–water partition coefficient (Wildman–Crippen LogP) is 2.87. The van der Waals surface area contributed by atoms with Gasteiger partial charge in [-0.3, -0.25) is 9.76 Å². The van der Waals surface area contributed by atoms with Crippen LogP contribution in [0.4, 0.5) is 5.69 Å². The van der Waals surface area contributed by atoms with E-state index in [1.165, 1.54) is 11.6 Å². The van der Waals surface area contributed by atoms with Crippen LogP contribution in [0.15, 0.2) is 42.5 Å². The van der Waals surface area contributed by atoms with Crippen molar-refractivity contribution < 1.29 is 14.0 Å². The van der Waals surface area contributed by atoms with Crippen molar-refractivity contribution in [2.75, 3.05) is 4.47 Å². The molecule has 2 aromatic carbocycles. The SMILES string of the molecule is Cc1ccc(-c2nc3ccc(N(O)S(=O)O)cc3[nH]2)cc1. The molecule has 0 saturated carbocycles. The summed E-state index contributed by atoms with van der Waals surface area (Å²) in [4.78, 5) is 7.60. The lowest BCUT2D eigenvalue weighted by atomic mass is 10.1. The van der Waals surface area contributed by atoms with E-state index in [1.807, 2.05) is 31.2 Å². The molecular formula is C14H13N3O3S. The van der Waals surface area contributed by atoms with Crippen LogP contribution < -0.4 is 4.47 Å². The molecule has 21 heavy (non-hydrogen) atoms. The van der Waals surface area contributed by atoms with Crippen LogP contribution in [0.25, 0.3) is 22.4 Å². The van der Waals surface area contributed by atoms with Crippen molar-refractivity contribution in [3.05, 3.63) is 48.0 Å². The Morgan fingerprint density at radius 3 is 2.57 bits per heavy atom. The normalized spacial score (nSPS) is 12.5. The molecule has 3 N–H and O–H groups in total. The molecular weight excluding hydrogens is 290 g/mol. The van der Waals surface area contributed by atoms with E-state index >= 15 is 0 Å². The average molecular weight is 303 g/mol. The van der Waals surface area contributed by atoms with Crippen molar-refractivity contribution >= 4 is 28.0 Å². The van der Waals surface area contributed by atoms with Crippen LogP contribution in [0.2, 0.25) is 0 Å². The number of nitrogens with one attached hydrogen (secondary N) is 1. The Morgan fingerprint density at radius 1 is 1.19 bits per heavy atom. The molecule has 108 valence electrons. The van der Waals surface area contributed by atoms with E-state index in [0.29, 0.717) is 16.9 Å². The lowest BCUT2D eigenvalue weighted by molar-refractivity contribution is 0.312. The largest absolute Gasteiger partial charge is 0.338 e. The first-order valence-corrected chi connectivity index (χ1v) is 7.28. The van der Waals surface area contributed by atoms with E-state index in [4.69, 9.17) is 4.55 Å². The van der Waals surface area contributed by atoms with Gasteiger partial charge in [-0.25, -0.2) is 9.19 Å². The van der Waals surface area contributed by atoms with Gasteiger partial charge in [-0.05, 0) is 25.1 Å². The first-order valence-electron chi connectivity index (χ1n) is 6.21. The summed E-state index contributed by atoms with van der Waals surface area (Å²) in [5.41, 5.74) is 3.71. The number of benzene rings is 2. The fourth-order valence-corrected chi connectivity index (χ4v) is 2.35. The number of fused-ring (bicyclic) bond motifs is 1. The molecule has 1 aromatic heterocycles. The van der Waals surface area contributed by atoms with Gasteiger partial charge in [0, 0.05) is 5.56 Å². The van der Waals surface area contributed by atoms with Gasteiger partial charge < -0.3 is 4.98 Å². The lowest BCUT2D eigenvalue weighted by Crippen LogP contribution is -2.19. The zero-order valence-corrected chi connectivity index (χ0v) is 12.0. The monoisotopic (exact) mass is 303 g/mol. The van der Waals surface area contributed by atoms with E-state index in [2.05, 4.69) is 9.97 Å². The molecule has 7 heteroatoms. The highest BCUT2D eigenvalue weighted by atomic mass is 32.2. The van der Waals surface area contributed by atoms with Crippen molar-refractivity contribution in [1.29, 1.82) is 0 Å². The van der Waals surface area contributed by atoms with Gasteiger partial charge in [-0.2, -0.15) is 0 Å². The van der Waals surface area contributed by atoms with E-state index in [-0.39, 0.29) is 10.2 Å². The number of aromatic amines is 1. The lowest BCUT2D eigenvalue weighted by Gasteiger charge is -2.10. The van der Waals surface area contributed by atoms with Crippen molar-refractivity contribution in [3.63, 3.8) is 0 Å². The molecule has 3 rings (SSSR count). The molecule has 0 aliphatic rings. The van der Waals surface area contributed by atoms with Gasteiger partial charge in [-0.1, -0.05) is 29.8 Å². The summed E-state index contributed by atoms with van der Waals surface area (Å²) >= 11 is -2.48. The highest BCUT2D eigenvalue weighted by Gasteiger charge is 2.11. The maximum Gasteiger partial charge on any atom is 0.286 e. The third kappa shape index (κ3) is 2.66. The Hall–Kier alpha value is -2.22. The number of anilines is 1. The molecule has 0 aliphatic heterocycles. The average Bonchev–Trinajstić information content (AvgIpc) is 2.89. The third-order valence-corrected chi connectivity index (χ3v) is 3.67. The van der Waals surface area contributed by atoms with Gasteiger partial charge >= 0.3 is 0 Å². The number of rotatable bonds is 3. The second kappa shape index (κ2) is 5.28. The van der Waals surface area contributed by atoms with Gasteiger partial charge in [0.05, 0.1) is 16.7 Å². The van der Waals surface area contributed by atoms with Crippen LogP contribution in [0.1, 0.15) is 5.56 Å². The summed E-state index contributed by atoms with van der Waals surface area (Å²) in [7, 11) is 0. The smallest absolute Gasteiger partial charge is 0.286 e. The van der Waals surface area contributed by atoms with E-state index in [0.717, 1.165) is 5.56 Å². The van der Waals surface area contributed by atoms with Crippen molar-refractivity contribution in [1.82, 2.24) is 9.97 Å². The summed E-state index contributed by atoms with van der Waals surface area (Å²) in [5, 5.41) is 9.46. The zero-order chi connectivity index (χ0) is 15.0. The Labute approximate surface area is 123 Å². The zero-order valence-electron chi connectivity index (χ0n) is 11.1. The summed E-state index contributed by atoms with van der Waals surface area (Å²) in [6.45, 7) is 2.01. The van der Waals surface area contributed by atoms with Gasteiger partial charge in [0.15, 0.2) is 0 Å². The molecule has 0 fully saturated rings. The van der Waals surface area contributed by atoms with Crippen LogP contribution >= 0.6 is 0 Å². The van der Waals surface area contributed by atoms with Crippen LogP contribution in [0.3, 0.4) is 0 Å². The van der Waals surface area contributed by atoms with Gasteiger partial charge in [-0.15, -0.1) is 4.47 Å². The predicted molar refractivity (Wildman–Crippen MR) is 81.3 cm³/mol. The summed E-state index contributed by atoms with van der Waals surface area (Å²) in [5.74, 6) is 0.705. The molecule has 0 aliphatic carbocycles. The number of hydrogen-bond acceptors (Lipinski definition) is 3. The van der Waals surface area contributed by atoms with Gasteiger partial charge in [0.2, 0.25) is 0 Å². The number of hydrogen-bond donors (Lipinski definition) is 3. The highest BCUT2D eigenvalue weighted by Crippen LogP contribution is 2.24. The topological polar surface area (TPSA) is 89.4 Å². The molecule has 1 atom stereocenters. The third-order valence-electron chi connectivity index (χ3n) is 3.16. The Kier molecular flexibility index (Phi) is 3.46. The molecule has 0 spiro atoms. The second-order valence-corrected chi connectivity index (χ2v) is 5.46. The number of aromatic nitrogens is 2. The molecule has 6 nitrogen and oxygen atoms in total. The molecule has 1 heterocycles. The molecule has 0 saturated heterocycles. The van der Waals surface area contributed by atoms with Crippen LogP contribution in [-0.4, -0.2) is 23.9 Å². The number of H-pyrrole nitrogens is 1. The summed E-state index contributed by atoms with van der Waals surface area (Å²) in [6.07, 6.45) is 0. The molecule has 3 aromatic rings. The highest BCUT2D eigenvalue weighted by molar-refractivity contribution is 7.80. The van der Waals surface area contributed by atoms with Gasteiger partial charge in [0.1, 0.15) is 5.82 Å². The minimum atomic E-state index is -2.48. The Balaban J connectivity index is 2.04. The quantitative estimate of drug-likeness (QED) is 0.512. The molecule has 1 unspecified atom stereocenters. The molecule has 0 amide bonds. The van der Waals surface area contributed by atoms with E-state index < -0.39 is 11.3 Å². The van der Waals surface area contributed by atoms with Crippen LogP contribution in [0, 0.1) is 6.92 Å². The maximum atomic E-state index is 10.9. The fraction of sp³-hybridized carbons (Fsp3) is 0.0714. The summed E-state index contributed by atoms with van der Waals surface area (Å²) in [6, 6.07) is 12.7. The van der Waals surface area contributed by atoms with Crippen molar-refractivity contribution in [2.24, 2.45) is 0 Å². The molecule has 0 radical (unpaired) electrons. The van der Waals surface area contributed by atoms with Crippen molar-refractivity contribution in [2.45, 2.75) is 6.92 Å². The summed E-state index contributed by atoms with van der Waals surface area (Å²) < 4.78 is 20.0. The number of imidazole rings is 1. The van der Waals surface area contributed by atoms with Gasteiger partial charge in [0.25, 0.3) is 11.3 Å². The van der Waals surface area contributed by atoms with Crippen LogP contribution in [-0.2, 0) is 11.3 Å².